The molecule has 1 aromatic rings. The molecule has 1 heterocycles. The molecule has 0 fully saturated rings. The second kappa shape index (κ2) is 6.02. The minimum absolute atomic E-state index is 0.108. The minimum Gasteiger partial charge on any atom is -0.481 e. The van der Waals surface area contributed by atoms with Crippen LogP contribution in [0.3, 0.4) is 0 Å². The van der Waals surface area contributed by atoms with Crippen LogP contribution in [0.4, 0.5) is 0 Å². The van der Waals surface area contributed by atoms with Gasteiger partial charge >= 0.3 is 5.97 Å². The smallest absolute Gasteiger partial charge is 0.305 e. The summed E-state index contributed by atoms with van der Waals surface area (Å²) in [6.45, 7) is 5.66. The van der Waals surface area contributed by atoms with Crippen LogP contribution >= 0.6 is 11.6 Å². The summed E-state index contributed by atoms with van der Waals surface area (Å²) in [4.78, 5) is 28.5. The SMILES string of the molecule is CC(C)(C)N(CCC(=O)O)C(=O)c1cc(Cl)ccn1. The zero-order valence-electron chi connectivity index (χ0n) is 11.2. The molecule has 0 saturated carbocycles. The fourth-order valence-electron chi connectivity index (χ4n) is 1.61. The Bertz CT molecular complexity index is 483. The van der Waals surface area contributed by atoms with Gasteiger partial charge in [-0.05, 0) is 32.9 Å². The van der Waals surface area contributed by atoms with Crippen LogP contribution < -0.4 is 0 Å². The molecule has 1 rings (SSSR count). The van der Waals surface area contributed by atoms with Crippen molar-refractivity contribution in [2.24, 2.45) is 0 Å². The number of aromatic nitrogens is 1. The first-order valence-electron chi connectivity index (χ1n) is 5.87. The van der Waals surface area contributed by atoms with Gasteiger partial charge in [0.1, 0.15) is 5.69 Å². The van der Waals surface area contributed by atoms with Gasteiger partial charge in [0.25, 0.3) is 5.91 Å². The number of amides is 1. The van der Waals surface area contributed by atoms with Crippen LogP contribution in [0.2, 0.25) is 5.02 Å². The lowest BCUT2D eigenvalue weighted by molar-refractivity contribution is -0.137. The molecule has 0 aliphatic carbocycles. The predicted octanol–water partition coefficient (Wildman–Crippen LogP) is 2.45. The van der Waals surface area contributed by atoms with Gasteiger partial charge in [0.2, 0.25) is 0 Å². The van der Waals surface area contributed by atoms with E-state index in [2.05, 4.69) is 4.98 Å². The summed E-state index contributed by atoms with van der Waals surface area (Å²) in [5.74, 6) is -1.27. The van der Waals surface area contributed by atoms with Gasteiger partial charge in [0.05, 0.1) is 6.42 Å². The average molecular weight is 285 g/mol. The van der Waals surface area contributed by atoms with E-state index in [0.717, 1.165) is 0 Å². The number of carbonyl (C=O) groups is 2. The number of carboxylic acid groups (broad SMARTS) is 1. The summed E-state index contributed by atoms with van der Waals surface area (Å²) in [6.07, 6.45) is 1.34. The highest BCUT2D eigenvalue weighted by Crippen LogP contribution is 2.18. The first-order valence-corrected chi connectivity index (χ1v) is 6.25. The van der Waals surface area contributed by atoms with Gasteiger partial charge in [-0.15, -0.1) is 0 Å². The van der Waals surface area contributed by atoms with Crippen LogP contribution in [0, 0.1) is 0 Å². The third-order valence-electron chi connectivity index (χ3n) is 2.55. The molecule has 6 heteroatoms. The molecule has 19 heavy (non-hydrogen) atoms. The fourth-order valence-corrected chi connectivity index (χ4v) is 1.77. The molecule has 1 N–H and O–H groups in total. The van der Waals surface area contributed by atoms with E-state index in [0.29, 0.717) is 5.02 Å². The number of aliphatic carboxylic acids is 1. The topological polar surface area (TPSA) is 70.5 Å². The maximum atomic E-state index is 12.4. The maximum absolute atomic E-state index is 12.4. The lowest BCUT2D eigenvalue weighted by atomic mass is 10.0. The summed E-state index contributed by atoms with van der Waals surface area (Å²) in [7, 11) is 0. The molecule has 5 nitrogen and oxygen atoms in total. The zero-order chi connectivity index (χ0) is 14.6. The van der Waals surface area contributed by atoms with Gasteiger partial charge < -0.3 is 10.0 Å². The van der Waals surface area contributed by atoms with Crippen LogP contribution in [0.25, 0.3) is 0 Å². The van der Waals surface area contributed by atoms with Crippen molar-refractivity contribution in [2.45, 2.75) is 32.7 Å². The summed E-state index contributed by atoms with van der Waals surface area (Å²) in [6, 6.07) is 3.06. The predicted molar refractivity (Wildman–Crippen MR) is 72.3 cm³/mol. The highest BCUT2D eigenvalue weighted by molar-refractivity contribution is 6.30. The largest absolute Gasteiger partial charge is 0.481 e. The Morgan fingerprint density at radius 3 is 2.53 bits per heavy atom. The molecule has 0 aromatic carbocycles. The molecule has 0 atom stereocenters. The summed E-state index contributed by atoms with van der Waals surface area (Å²) >= 11 is 5.83. The molecule has 1 amide bonds. The number of hydrogen-bond acceptors (Lipinski definition) is 3. The Balaban J connectivity index is 2.97. The fraction of sp³-hybridized carbons (Fsp3) is 0.462. The average Bonchev–Trinajstić information content (AvgIpc) is 2.26. The first-order chi connectivity index (χ1) is 8.71. The normalized spacial score (nSPS) is 11.2. The van der Waals surface area contributed by atoms with Crippen LogP contribution in [-0.2, 0) is 4.79 Å². The van der Waals surface area contributed by atoms with Crippen molar-refractivity contribution in [1.29, 1.82) is 0 Å². The lowest BCUT2D eigenvalue weighted by Crippen LogP contribution is -2.46. The first kappa shape index (κ1) is 15.4. The number of pyridine rings is 1. The summed E-state index contributed by atoms with van der Waals surface area (Å²) in [5, 5.41) is 9.17. The van der Waals surface area contributed by atoms with Crippen molar-refractivity contribution in [3.8, 4) is 0 Å². The van der Waals surface area contributed by atoms with E-state index in [4.69, 9.17) is 16.7 Å². The Morgan fingerprint density at radius 2 is 2.05 bits per heavy atom. The zero-order valence-corrected chi connectivity index (χ0v) is 11.9. The van der Waals surface area contributed by atoms with Crippen LogP contribution in [0.15, 0.2) is 18.3 Å². The van der Waals surface area contributed by atoms with Crippen molar-refractivity contribution in [2.75, 3.05) is 6.54 Å². The van der Waals surface area contributed by atoms with Gasteiger partial charge in [-0.1, -0.05) is 11.6 Å². The second-order valence-corrected chi connectivity index (χ2v) is 5.57. The second-order valence-electron chi connectivity index (χ2n) is 5.13. The Labute approximate surface area is 117 Å². The number of hydrogen-bond donors (Lipinski definition) is 1. The summed E-state index contributed by atoms with van der Waals surface area (Å²) in [5.41, 5.74) is -0.274. The number of halogens is 1. The van der Waals surface area contributed by atoms with E-state index in [-0.39, 0.29) is 24.6 Å². The van der Waals surface area contributed by atoms with Crippen LogP contribution in [-0.4, -0.2) is 39.0 Å². The Hall–Kier alpha value is -1.62. The molecule has 0 radical (unpaired) electrons. The van der Waals surface area contributed by atoms with Gasteiger partial charge in [-0.3, -0.25) is 14.6 Å². The minimum atomic E-state index is -0.943. The van der Waals surface area contributed by atoms with Crippen molar-refractivity contribution < 1.29 is 14.7 Å². The van der Waals surface area contributed by atoms with E-state index in [1.807, 2.05) is 20.8 Å². The Kier molecular flexibility index (Phi) is 4.89. The molecule has 104 valence electrons. The third kappa shape index (κ3) is 4.52. The molecule has 0 unspecified atom stereocenters. The molecule has 1 aromatic heterocycles. The van der Waals surface area contributed by atoms with Crippen LogP contribution in [0.1, 0.15) is 37.7 Å². The van der Waals surface area contributed by atoms with E-state index < -0.39 is 11.5 Å². The van der Waals surface area contributed by atoms with Crippen molar-refractivity contribution >= 4 is 23.5 Å². The molecule has 0 aliphatic rings. The quantitative estimate of drug-likeness (QED) is 0.922. The van der Waals surface area contributed by atoms with Gasteiger partial charge in [-0.25, -0.2) is 0 Å². The number of carbonyl (C=O) groups excluding carboxylic acids is 1. The maximum Gasteiger partial charge on any atom is 0.305 e. The number of nitrogens with zero attached hydrogens (tertiary/aromatic N) is 2. The van der Waals surface area contributed by atoms with E-state index in [1.54, 1.807) is 6.07 Å². The van der Waals surface area contributed by atoms with Crippen molar-refractivity contribution in [1.82, 2.24) is 9.88 Å². The van der Waals surface area contributed by atoms with Gasteiger partial charge in [-0.2, -0.15) is 0 Å². The highest BCUT2D eigenvalue weighted by atomic mass is 35.5. The standard InChI is InChI=1S/C13H17ClN2O3/c1-13(2,3)16(7-5-11(17)18)12(19)10-8-9(14)4-6-15-10/h4,6,8H,5,7H2,1-3H3,(H,17,18). The molecule has 0 saturated heterocycles. The summed E-state index contributed by atoms with van der Waals surface area (Å²) < 4.78 is 0. The van der Waals surface area contributed by atoms with E-state index >= 15 is 0 Å². The van der Waals surface area contributed by atoms with Gasteiger partial charge in [0.15, 0.2) is 0 Å². The van der Waals surface area contributed by atoms with Gasteiger partial charge in [0, 0.05) is 23.3 Å². The highest BCUT2D eigenvalue weighted by Gasteiger charge is 2.28. The lowest BCUT2D eigenvalue weighted by Gasteiger charge is -2.35. The Morgan fingerprint density at radius 1 is 1.42 bits per heavy atom. The third-order valence-corrected chi connectivity index (χ3v) is 2.78. The van der Waals surface area contributed by atoms with E-state index in [1.165, 1.54) is 17.2 Å². The van der Waals surface area contributed by atoms with Crippen molar-refractivity contribution in [3.05, 3.63) is 29.0 Å². The molecule has 0 aliphatic heterocycles. The van der Waals surface area contributed by atoms with E-state index in [9.17, 15) is 9.59 Å². The molecular weight excluding hydrogens is 268 g/mol. The molecule has 0 bridgehead atoms. The van der Waals surface area contributed by atoms with Crippen LogP contribution in [0.5, 0.6) is 0 Å². The van der Waals surface area contributed by atoms with Crippen molar-refractivity contribution in [3.63, 3.8) is 0 Å². The number of carboxylic acids is 1. The molecule has 0 spiro atoms. The monoisotopic (exact) mass is 284 g/mol. The number of rotatable bonds is 4. The molecular formula is C13H17ClN2O3.